The van der Waals surface area contributed by atoms with Crippen LogP contribution in [0.5, 0.6) is 0 Å². The van der Waals surface area contributed by atoms with Crippen LogP contribution in [0.1, 0.15) is 26.2 Å². The summed E-state index contributed by atoms with van der Waals surface area (Å²) in [5.41, 5.74) is 0. The third kappa shape index (κ3) is 1.07. The van der Waals surface area contributed by atoms with Gasteiger partial charge in [0, 0.05) is 6.04 Å². The van der Waals surface area contributed by atoms with Crippen molar-refractivity contribution in [3.8, 4) is 0 Å². The van der Waals surface area contributed by atoms with Crippen LogP contribution in [0.2, 0.25) is 0 Å². The van der Waals surface area contributed by atoms with Gasteiger partial charge < -0.3 is 5.32 Å². The molecule has 2 saturated carbocycles. The molecule has 3 atom stereocenters. The summed E-state index contributed by atoms with van der Waals surface area (Å²) in [6.07, 6.45) is 4.44. The average molecular weight is 139 g/mol. The van der Waals surface area contributed by atoms with Gasteiger partial charge in [0.15, 0.2) is 0 Å². The maximum absolute atomic E-state index is 3.46. The van der Waals surface area contributed by atoms with Crippen molar-refractivity contribution in [2.24, 2.45) is 17.8 Å². The minimum absolute atomic E-state index is 0.870. The third-order valence-electron chi connectivity index (χ3n) is 3.10. The average Bonchev–Trinajstić information content (AvgIpc) is 2.73. The topological polar surface area (TPSA) is 12.0 Å². The summed E-state index contributed by atoms with van der Waals surface area (Å²) in [6, 6.07) is 0.870. The molecule has 0 aliphatic heterocycles. The quantitative estimate of drug-likeness (QED) is 0.626. The number of hydrogen-bond donors (Lipinski definition) is 1. The molecule has 0 spiro atoms. The van der Waals surface area contributed by atoms with Crippen LogP contribution < -0.4 is 5.32 Å². The van der Waals surface area contributed by atoms with Crippen LogP contribution in [0.3, 0.4) is 0 Å². The fourth-order valence-corrected chi connectivity index (χ4v) is 2.11. The Hall–Kier alpha value is -0.0400. The largest absolute Gasteiger partial charge is 0.316 e. The summed E-state index contributed by atoms with van der Waals surface area (Å²) < 4.78 is 0. The van der Waals surface area contributed by atoms with Crippen LogP contribution in [0.4, 0.5) is 0 Å². The second-order valence-electron chi connectivity index (χ2n) is 4.03. The smallest absolute Gasteiger partial charge is 0.0123 e. The highest BCUT2D eigenvalue weighted by atomic mass is 14.9. The molecule has 0 aromatic heterocycles. The first-order valence-electron chi connectivity index (χ1n) is 4.50. The van der Waals surface area contributed by atoms with E-state index in [-0.39, 0.29) is 0 Å². The molecule has 10 heavy (non-hydrogen) atoms. The van der Waals surface area contributed by atoms with Gasteiger partial charge in [-0.3, -0.25) is 0 Å². The van der Waals surface area contributed by atoms with Gasteiger partial charge in [0.05, 0.1) is 0 Å². The van der Waals surface area contributed by atoms with E-state index in [0.717, 1.165) is 23.8 Å². The maximum atomic E-state index is 3.46. The van der Waals surface area contributed by atoms with Gasteiger partial charge in [0.25, 0.3) is 0 Å². The lowest BCUT2D eigenvalue weighted by Gasteiger charge is -2.13. The maximum Gasteiger partial charge on any atom is 0.0123 e. The molecular formula is C9H17N. The van der Waals surface area contributed by atoms with Gasteiger partial charge in [0.1, 0.15) is 0 Å². The number of nitrogens with one attached hydrogen (secondary N) is 1. The van der Waals surface area contributed by atoms with Gasteiger partial charge in [-0.15, -0.1) is 0 Å². The molecule has 2 aliphatic rings. The van der Waals surface area contributed by atoms with E-state index >= 15 is 0 Å². The van der Waals surface area contributed by atoms with Crippen molar-refractivity contribution in [1.82, 2.24) is 5.32 Å². The Morgan fingerprint density at radius 2 is 2.00 bits per heavy atom. The molecule has 0 heterocycles. The first kappa shape index (κ1) is 6.66. The van der Waals surface area contributed by atoms with E-state index in [1.54, 1.807) is 0 Å². The molecule has 1 nitrogen and oxygen atoms in total. The molecule has 58 valence electrons. The standard InChI is InChI=1S/C9H17N/c1-6-5-8(6)9(10-2)7-3-4-7/h6-10H,3-5H2,1-2H3. The number of rotatable bonds is 3. The van der Waals surface area contributed by atoms with Gasteiger partial charge in [-0.05, 0) is 44.1 Å². The Balaban J connectivity index is 1.86. The van der Waals surface area contributed by atoms with Gasteiger partial charge in [-0.2, -0.15) is 0 Å². The van der Waals surface area contributed by atoms with Gasteiger partial charge >= 0.3 is 0 Å². The predicted octanol–water partition coefficient (Wildman–Crippen LogP) is 1.64. The molecule has 0 amide bonds. The van der Waals surface area contributed by atoms with E-state index in [4.69, 9.17) is 0 Å². The Morgan fingerprint density at radius 3 is 2.30 bits per heavy atom. The zero-order chi connectivity index (χ0) is 7.14. The first-order valence-corrected chi connectivity index (χ1v) is 4.50. The van der Waals surface area contributed by atoms with Crippen molar-refractivity contribution in [3.05, 3.63) is 0 Å². The van der Waals surface area contributed by atoms with Crippen molar-refractivity contribution < 1.29 is 0 Å². The van der Waals surface area contributed by atoms with Crippen LogP contribution in [0, 0.1) is 17.8 Å². The molecule has 0 aromatic carbocycles. The monoisotopic (exact) mass is 139 g/mol. The van der Waals surface area contributed by atoms with E-state index in [2.05, 4.69) is 19.3 Å². The Morgan fingerprint density at radius 1 is 1.40 bits per heavy atom. The van der Waals surface area contributed by atoms with Crippen LogP contribution in [0.15, 0.2) is 0 Å². The Labute approximate surface area is 63.2 Å². The van der Waals surface area contributed by atoms with Gasteiger partial charge in [-0.25, -0.2) is 0 Å². The Bertz CT molecular complexity index is 129. The number of hydrogen-bond acceptors (Lipinski definition) is 1. The molecule has 2 fully saturated rings. The van der Waals surface area contributed by atoms with E-state index in [0.29, 0.717) is 0 Å². The fraction of sp³-hybridized carbons (Fsp3) is 1.00. The van der Waals surface area contributed by atoms with Gasteiger partial charge in [0.2, 0.25) is 0 Å². The van der Waals surface area contributed by atoms with Crippen LogP contribution in [-0.2, 0) is 0 Å². The highest BCUT2D eigenvalue weighted by Crippen LogP contribution is 2.48. The van der Waals surface area contributed by atoms with E-state index in [1.165, 1.54) is 19.3 Å². The highest BCUT2D eigenvalue weighted by molar-refractivity contribution is 4.99. The second-order valence-corrected chi connectivity index (χ2v) is 4.03. The summed E-state index contributed by atoms with van der Waals surface area (Å²) >= 11 is 0. The van der Waals surface area contributed by atoms with Crippen molar-refractivity contribution in [2.75, 3.05) is 7.05 Å². The van der Waals surface area contributed by atoms with Crippen LogP contribution >= 0.6 is 0 Å². The van der Waals surface area contributed by atoms with Crippen molar-refractivity contribution in [1.29, 1.82) is 0 Å². The summed E-state index contributed by atoms with van der Waals surface area (Å²) in [5.74, 6) is 3.08. The molecule has 0 aromatic rings. The zero-order valence-electron chi connectivity index (χ0n) is 6.93. The highest BCUT2D eigenvalue weighted by Gasteiger charge is 2.45. The first-order chi connectivity index (χ1) is 4.83. The zero-order valence-corrected chi connectivity index (χ0v) is 6.93. The molecule has 1 N–H and O–H groups in total. The second kappa shape index (κ2) is 2.23. The lowest BCUT2D eigenvalue weighted by molar-refractivity contribution is 0.433. The van der Waals surface area contributed by atoms with Crippen LogP contribution in [0.25, 0.3) is 0 Å². The summed E-state index contributed by atoms with van der Waals surface area (Å²) in [4.78, 5) is 0. The minimum atomic E-state index is 0.870. The molecule has 0 radical (unpaired) electrons. The molecule has 0 bridgehead atoms. The fourth-order valence-electron chi connectivity index (χ4n) is 2.11. The molecule has 1 heteroatoms. The van der Waals surface area contributed by atoms with Crippen molar-refractivity contribution in [3.63, 3.8) is 0 Å². The van der Waals surface area contributed by atoms with Crippen molar-refractivity contribution >= 4 is 0 Å². The predicted molar refractivity (Wildman–Crippen MR) is 42.8 cm³/mol. The molecular weight excluding hydrogens is 122 g/mol. The SMILES string of the molecule is CNC(C1CC1)C1CC1C. The Kier molecular flexibility index (Phi) is 1.48. The summed E-state index contributed by atoms with van der Waals surface area (Å²) in [5, 5.41) is 3.46. The van der Waals surface area contributed by atoms with Crippen LogP contribution in [-0.4, -0.2) is 13.1 Å². The molecule has 2 aliphatic carbocycles. The third-order valence-corrected chi connectivity index (χ3v) is 3.10. The van der Waals surface area contributed by atoms with Crippen molar-refractivity contribution in [2.45, 2.75) is 32.2 Å². The summed E-state index contributed by atoms with van der Waals surface area (Å²) in [6.45, 7) is 2.37. The van der Waals surface area contributed by atoms with Gasteiger partial charge in [-0.1, -0.05) is 6.92 Å². The normalized spacial score (nSPS) is 41.4. The summed E-state index contributed by atoms with van der Waals surface area (Å²) in [7, 11) is 2.12. The van der Waals surface area contributed by atoms with E-state index < -0.39 is 0 Å². The lowest BCUT2D eigenvalue weighted by atomic mass is 10.1. The molecule has 0 saturated heterocycles. The molecule has 3 unspecified atom stereocenters. The lowest BCUT2D eigenvalue weighted by Crippen LogP contribution is -2.30. The minimum Gasteiger partial charge on any atom is -0.316 e. The van der Waals surface area contributed by atoms with E-state index in [1.807, 2.05) is 0 Å². The molecule has 2 rings (SSSR count). The van der Waals surface area contributed by atoms with E-state index in [9.17, 15) is 0 Å².